The monoisotopic (exact) mass is 373 g/mol. The number of rotatable bonds is 10. The zero-order valence-electron chi connectivity index (χ0n) is 14.4. The minimum absolute atomic E-state index is 0.238. The molecule has 7 heteroatoms. The number of carbonyl (C=O) groups excluding carboxylic acids is 3. The maximum absolute atomic E-state index is 12.5. The SMILES string of the molecule is NC(=O)CCCCNC(=O)C(Cc1ccccc1)NC(=O)c1cccs1. The molecule has 0 spiro atoms. The number of nitrogens with two attached hydrogens (primary N) is 1. The van der Waals surface area contributed by atoms with Crippen LogP contribution in [-0.4, -0.2) is 30.3 Å². The summed E-state index contributed by atoms with van der Waals surface area (Å²) in [6.07, 6.45) is 2.00. The summed E-state index contributed by atoms with van der Waals surface area (Å²) >= 11 is 1.33. The highest BCUT2D eigenvalue weighted by molar-refractivity contribution is 7.12. The summed E-state index contributed by atoms with van der Waals surface area (Å²) < 4.78 is 0. The molecule has 1 aromatic heterocycles. The van der Waals surface area contributed by atoms with E-state index in [0.29, 0.717) is 37.1 Å². The van der Waals surface area contributed by atoms with E-state index in [1.807, 2.05) is 35.7 Å². The van der Waals surface area contributed by atoms with E-state index >= 15 is 0 Å². The molecule has 2 aromatic rings. The summed E-state index contributed by atoms with van der Waals surface area (Å²) in [5.41, 5.74) is 6.06. The van der Waals surface area contributed by atoms with E-state index in [4.69, 9.17) is 5.73 Å². The Morgan fingerprint density at radius 1 is 1.04 bits per heavy atom. The number of primary amides is 1. The Bertz CT molecular complexity index is 717. The zero-order valence-corrected chi connectivity index (χ0v) is 15.3. The van der Waals surface area contributed by atoms with Gasteiger partial charge in [-0.05, 0) is 29.9 Å². The van der Waals surface area contributed by atoms with Crippen molar-refractivity contribution in [1.82, 2.24) is 10.6 Å². The van der Waals surface area contributed by atoms with Gasteiger partial charge >= 0.3 is 0 Å². The number of benzene rings is 1. The molecule has 0 aliphatic carbocycles. The Balaban J connectivity index is 1.94. The number of nitrogens with one attached hydrogen (secondary N) is 2. The average Bonchev–Trinajstić information content (AvgIpc) is 3.16. The number of amides is 3. The first-order valence-corrected chi connectivity index (χ1v) is 9.38. The molecule has 138 valence electrons. The molecular weight excluding hydrogens is 350 g/mol. The van der Waals surface area contributed by atoms with Gasteiger partial charge in [-0.25, -0.2) is 0 Å². The van der Waals surface area contributed by atoms with Crippen LogP contribution in [0.5, 0.6) is 0 Å². The molecule has 2 rings (SSSR count). The van der Waals surface area contributed by atoms with Crippen LogP contribution in [-0.2, 0) is 16.0 Å². The molecule has 0 bridgehead atoms. The maximum Gasteiger partial charge on any atom is 0.262 e. The molecule has 0 aliphatic rings. The molecule has 3 amide bonds. The summed E-state index contributed by atoms with van der Waals surface area (Å²) in [7, 11) is 0. The molecule has 6 nitrogen and oxygen atoms in total. The van der Waals surface area contributed by atoms with Crippen LogP contribution >= 0.6 is 11.3 Å². The van der Waals surface area contributed by atoms with Crippen molar-refractivity contribution in [1.29, 1.82) is 0 Å². The van der Waals surface area contributed by atoms with Gasteiger partial charge < -0.3 is 16.4 Å². The minimum atomic E-state index is -0.664. The summed E-state index contributed by atoms with van der Waals surface area (Å²) in [6, 6.07) is 12.4. The largest absolute Gasteiger partial charge is 0.370 e. The molecule has 0 saturated carbocycles. The van der Waals surface area contributed by atoms with E-state index < -0.39 is 6.04 Å². The lowest BCUT2D eigenvalue weighted by Gasteiger charge is -2.18. The van der Waals surface area contributed by atoms with Crippen LogP contribution in [0.1, 0.15) is 34.5 Å². The number of hydrogen-bond donors (Lipinski definition) is 3. The van der Waals surface area contributed by atoms with Crippen molar-refractivity contribution in [3.8, 4) is 0 Å². The Kier molecular flexibility index (Phi) is 7.82. The van der Waals surface area contributed by atoms with E-state index in [1.54, 1.807) is 12.1 Å². The lowest BCUT2D eigenvalue weighted by Crippen LogP contribution is -2.48. The van der Waals surface area contributed by atoms with Crippen molar-refractivity contribution < 1.29 is 14.4 Å². The van der Waals surface area contributed by atoms with Gasteiger partial charge in [0.05, 0.1) is 4.88 Å². The van der Waals surface area contributed by atoms with Crippen molar-refractivity contribution >= 4 is 29.1 Å². The second kappa shape index (κ2) is 10.4. The minimum Gasteiger partial charge on any atom is -0.370 e. The molecule has 26 heavy (non-hydrogen) atoms. The smallest absolute Gasteiger partial charge is 0.262 e. The highest BCUT2D eigenvalue weighted by Gasteiger charge is 2.22. The van der Waals surface area contributed by atoms with E-state index in [-0.39, 0.29) is 17.7 Å². The van der Waals surface area contributed by atoms with Crippen molar-refractivity contribution in [3.63, 3.8) is 0 Å². The molecular formula is C19H23N3O3S. The highest BCUT2D eigenvalue weighted by Crippen LogP contribution is 2.10. The van der Waals surface area contributed by atoms with Crippen LogP contribution in [0.2, 0.25) is 0 Å². The molecule has 0 fully saturated rings. The Hall–Kier alpha value is -2.67. The van der Waals surface area contributed by atoms with Crippen LogP contribution in [0.4, 0.5) is 0 Å². The molecule has 1 atom stereocenters. The molecule has 1 heterocycles. The fraction of sp³-hybridized carbons (Fsp3) is 0.316. The topological polar surface area (TPSA) is 101 Å². The van der Waals surface area contributed by atoms with Crippen LogP contribution < -0.4 is 16.4 Å². The summed E-state index contributed by atoms with van der Waals surface area (Å²) in [5.74, 6) is -0.843. The first-order chi connectivity index (χ1) is 12.6. The second-order valence-corrected chi connectivity index (χ2v) is 6.86. The predicted octanol–water partition coefficient (Wildman–Crippen LogP) is 1.86. The quantitative estimate of drug-likeness (QED) is 0.554. The van der Waals surface area contributed by atoms with Gasteiger partial charge in [0.15, 0.2) is 0 Å². The maximum atomic E-state index is 12.5. The Morgan fingerprint density at radius 2 is 1.81 bits per heavy atom. The fourth-order valence-electron chi connectivity index (χ4n) is 2.46. The normalized spacial score (nSPS) is 11.5. The van der Waals surface area contributed by atoms with Gasteiger partial charge in [0.25, 0.3) is 5.91 Å². The average molecular weight is 373 g/mol. The summed E-state index contributed by atoms with van der Waals surface area (Å²) in [4.78, 5) is 36.2. The number of thiophene rings is 1. The van der Waals surface area contributed by atoms with Crippen LogP contribution in [0, 0.1) is 0 Å². The Morgan fingerprint density at radius 3 is 2.46 bits per heavy atom. The summed E-state index contributed by atoms with van der Waals surface area (Å²) in [5, 5.41) is 7.46. The van der Waals surface area contributed by atoms with E-state index in [2.05, 4.69) is 10.6 Å². The first-order valence-electron chi connectivity index (χ1n) is 8.50. The standard InChI is InChI=1S/C19H23N3O3S/c20-17(23)10-4-5-11-21-18(24)15(13-14-7-2-1-3-8-14)22-19(25)16-9-6-12-26-16/h1-3,6-9,12,15H,4-5,10-11,13H2,(H2,20,23)(H,21,24)(H,22,25). The molecule has 1 aromatic carbocycles. The van der Waals surface area contributed by atoms with Gasteiger partial charge in [0, 0.05) is 19.4 Å². The van der Waals surface area contributed by atoms with E-state index in [0.717, 1.165) is 5.56 Å². The van der Waals surface area contributed by atoms with Crippen molar-refractivity contribution in [3.05, 3.63) is 58.3 Å². The van der Waals surface area contributed by atoms with Gasteiger partial charge in [-0.1, -0.05) is 36.4 Å². The summed E-state index contributed by atoms with van der Waals surface area (Å²) in [6.45, 7) is 0.437. The zero-order chi connectivity index (χ0) is 18.8. The van der Waals surface area contributed by atoms with Crippen LogP contribution in [0.3, 0.4) is 0 Å². The molecule has 0 saturated heterocycles. The third-order valence-corrected chi connectivity index (χ3v) is 4.67. The van der Waals surface area contributed by atoms with Gasteiger partial charge in [-0.3, -0.25) is 14.4 Å². The predicted molar refractivity (Wildman–Crippen MR) is 102 cm³/mol. The highest BCUT2D eigenvalue weighted by atomic mass is 32.1. The van der Waals surface area contributed by atoms with Gasteiger partial charge in [-0.2, -0.15) is 0 Å². The molecule has 4 N–H and O–H groups in total. The lowest BCUT2D eigenvalue weighted by molar-refractivity contribution is -0.123. The van der Waals surface area contributed by atoms with Gasteiger partial charge in [0.2, 0.25) is 11.8 Å². The number of unbranched alkanes of at least 4 members (excludes halogenated alkanes) is 1. The fourth-order valence-corrected chi connectivity index (χ4v) is 3.08. The van der Waals surface area contributed by atoms with Crippen LogP contribution in [0.25, 0.3) is 0 Å². The Labute approximate surface area is 156 Å². The molecule has 0 radical (unpaired) electrons. The number of hydrogen-bond acceptors (Lipinski definition) is 4. The molecule has 0 aliphatic heterocycles. The first kappa shape index (κ1) is 19.7. The van der Waals surface area contributed by atoms with Crippen molar-refractivity contribution in [2.75, 3.05) is 6.54 Å². The third-order valence-electron chi connectivity index (χ3n) is 3.80. The number of carbonyl (C=O) groups is 3. The van der Waals surface area contributed by atoms with Crippen molar-refractivity contribution in [2.45, 2.75) is 31.7 Å². The lowest BCUT2D eigenvalue weighted by atomic mass is 10.0. The van der Waals surface area contributed by atoms with E-state index in [9.17, 15) is 14.4 Å². The van der Waals surface area contributed by atoms with Gasteiger partial charge in [-0.15, -0.1) is 11.3 Å². The molecule has 1 unspecified atom stereocenters. The third kappa shape index (κ3) is 6.68. The van der Waals surface area contributed by atoms with Crippen molar-refractivity contribution in [2.24, 2.45) is 5.73 Å². The van der Waals surface area contributed by atoms with E-state index in [1.165, 1.54) is 11.3 Å². The second-order valence-electron chi connectivity index (χ2n) is 5.91. The van der Waals surface area contributed by atoms with Gasteiger partial charge in [0.1, 0.15) is 6.04 Å². The van der Waals surface area contributed by atoms with Crippen LogP contribution in [0.15, 0.2) is 47.8 Å².